The van der Waals surface area contributed by atoms with Crippen LogP contribution in [-0.2, 0) is 0 Å². The van der Waals surface area contributed by atoms with Crippen LogP contribution < -0.4 is 5.32 Å². The molecule has 0 aliphatic heterocycles. The number of nitrogens with one attached hydrogen (secondary N) is 1. The molecule has 0 spiro atoms. The molecule has 98 valence electrons. The van der Waals surface area contributed by atoms with Gasteiger partial charge in [0.1, 0.15) is 5.75 Å². The van der Waals surface area contributed by atoms with E-state index in [4.69, 9.17) is 0 Å². The molecule has 0 aliphatic rings. The third-order valence-corrected chi connectivity index (χ3v) is 3.83. The number of amides is 1. The summed E-state index contributed by atoms with van der Waals surface area (Å²) in [5, 5.41) is 12.2. The van der Waals surface area contributed by atoms with E-state index in [0.717, 1.165) is 21.3 Å². The Balaban J connectivity index is 2.28. The fourth-order valence-corrected chi connectivity index (χ4v) is 2.20. The number of rotatable bonds is 2. The Kier molecular flexibility index (Phi) is 3.90. The highest BCUT2D eigenvalue weighted by molar-refractivity contribution is 9.10. The Bertz CT molecular complexity index is 638. The molecule has 0 unspecified atom stereocenters. The summed E-state index contributed by atoms with van der Waals surface area (Å²) in [5.74, 6) is -0.0219. The van der Waals surface area contributed by atoms with Crippen LogP contribution in [0.1, 0.15) is 21.5 Å². The van der Waals surface area contributed by atoms with Gasteiger partial charge in [0.05, 0.1) is 0 Å². The molecule has 3 nitrogen and oxygen atoms in total. The molecular formula is C15H14BrNO2. The Morgan fingerprint density at radius 3 is 2.63 bits per heavy atom. The summed E-state index contributed by atoms with van der Waals surface area (Å²) in [7, 11) is 0. The number of aromatic hydroxyl groups is 1. The number of phenols is 1. The van der Waals surface area contributed by atoms with Crippen LogP contribution >= 0.6 is 15.9 Å². The molecule has 19 heavy (non-hydrogen) atoms. The van der Waals surface area contributed by atoms with Crippen LogP contribution in [0.25, 0.3) is 0 Å². The lowest BCUT2D eigenvalue weighted by Crippen LogP contribution is -2.14. The smallest absolute Gasteiger partial charge is 0.255 e. The summed E-state index contributed by atoms with van der Waals surface area (Å²) in [5.41, 5.74) is 3.04. The van der Waals surface area contributed by atoms with Gasteiger partial charge in [-0.15, -0.1) is 0 Å². The summed E-state index contributed by atoms with van der Waals surface area (Å²) in [6, 6.07) is 10.4. The summed E-state index contributed by atoms with van der Waals surface area (Å²) >= 11 is 3.43. The number of hydrogen-bond donors (Lipinski definition) is 2. The van der Waals surface area contributed by atoms with Crippen LogP contribution in [0.2, 0.25) is 0 Å². The first-order valence-corrected chi connectivity index (χ1v) is 6.64. The molecule has 0 atom stereocenters. The van der Waals surface area contributed by atoms with Crippen molar-refractivity contribution in [2.24, 2.45) is 0 Å². The Morgan fingerprint density at radius 2 is 1.95 bits per heavy atom. The molecular weight excluding hydrogens is 306 g/mol. The molecule has 0 bridgehead atoms. The predicted molar refractivity (Wildman–Crippen MR) is 79.7 cm³/mol. The zero-order valence-electron chi connectivity index (χ0n) is 10.7. The van der Waals surface area contributed by atoms with Crippen molar-refractivity contribution in [2.45, 2.75) is 13.8 Å². The Hall–Kier alpha value is -1.81. The van der Waals surface area contributed by atoms with Gasteiger partial charge in [0, 0.05) is 15.7 Å². The molecule has 0 aliphatic carbocycles. The molecule has 2 aromatic rings. The quantitative estimate of drug-likeness (QED) is 0.878. The fourth-order valence-electron chi connectivity index (χ4n) is 1.84. The first-order chi connectivity index (χ1) is 8.99. The number of anilines is 1. The third kappa shape index (κ3) is 2.96. The zero-order valence-corrected chi connectivity index (χ0v) is 12.3. The maximum atomic E-state index is 12.2. The highest BCUT2D eigenvalue weighted by atomic mass is 79.9. The van der Waals surface area contributed by atoms with E-state index < -0.39 is 0 Å². The predicted octanol–water partition coefficient (Wildman–Crippen LogP) is 4.02. The van der Waals surface area contributed by atoms with E-state index in [9.17, 15) is 9.90 Å². The summed E-state index contributed by atoms with van der Waals surface area (Å²) in [6.07, 6.45) is 0. The van der Waals surface area contributed by atoms with Crippen molar-refractivity contribution in [3.05, 3.63) is 57.6 Å². The second-order valence-corrected chi connectivity index (χ2v) is 5.22. The molecule has 4 heteroatoms. The van der Waals surface area contributed by atoms with E-state index in [1.807, 2.05) is 25.1 Å². The minimum atomic E-state index is -0.182. The van der Waals surface area contributed by atoms with Crippen molar-refractivity contribution >= 4 is 27.5 Å². The van der Waals surface area contributed by atoms with Gasteiger partial charge in [0.25, 0.3) is 5.91 Å². The Morgan fingerprint density at radius 1 is 1.21 bits per heavy atom. The van der Waals surface area contributed by atoms with Crippen LogP contribution in [0.15, 0.2) is 40.9 Å². The number of aryl methyl sites for hydroxylation is 1. The van der Waals surface area contributed by atoms with Gasteiger partial charge in [0.15, 0.2) is 0 Å². The molecule has 1 amide bonds. The highest BCUT2D eigenvalue weighted by Crippen LogP contribution is 2.24. The molecule has 2 aromatic carbocycles. The fraction of sp³-hybridized carbons (Fsp3) is 0.133. The van der Waals surface area contributed by atoms with E-state index in [2.05, 4.69) is 21.2 Å². The van der Waals surface area contributed by atoms with Gasteiger partial charge < -0.3 is 10.4 Å². The summed E-state index contributed by atoms with van der Waals surface area (Å²) in [6.45, 7) is 3.73. The Labute approximate surface area is 120 Å². The van der Waals surface area contributed by atoms with Crippen LogP contribution in [0.4, 0.5) is 5.69 Å². The van der Waals surface area contributed by atoms with Gasteiger partial charge in [-0.05, 0) is 55.3 Å². The lowest BCUT2D eigenvalue weighted by molar-refractivity contribution is 0.102. The van der Waals surface area contributed by atoms with Gasteiger partial charge in [-0.2, -0.15) is 0 Å². The molecule has 0 radical (unpaired) electrons. The van der Waals surface area contributed by atoms with E-state index in [-0.39, 0.29) is 11.7 Å². The van der Waals surface area contributed by atoms with Crippen molar-refractivity contribution in [3.63, 3.8) is 0 Å². The summed E-state index contributed by atoms with van der Waals surface area (Å²) in [4.78, 5) is 12.2. The number of carbonyl (C=O) groups excluding carboxylic acids is 1. The molecule has 0 saturated heterocycles. The topological polar surface area (TPSA) is 49.3 Å². The van der Waals surface area contributed by atoms with E-state index in [1.165, 1.54) is 6.07 Å². The molecule has 2 N–H and O–H groups in total. The third-order valence-electron chi connectivity index (χ3n) is 2.97. The van der Waals surface area contributed by atoms with Crippen molar-refractivity contribution in [1.29, 1.82) is 0 Å². The number of halogens is 1. The first kappa shape index (κ1) is 13.6. The van der Waals surface area contributed by atoms with Crippen molar-refractivity contribution in [1.82, 2.24) is 0 Å². The summed E-state index contributed by atoms with van der Waals surface area (Å²) < 4.78 is 0.952. The average Bonchev–Trinajstić information content (AvgIpc) is 2.34. The maximum absolute atomic E-state index is 12.2. The van der Waals surface area contributed by atoms with Gasteiger partial charge >= 0.3 is 0 Å². The molecule has 0 heterocycles. The zero-order chi connectivity index (χ0) is 14.0. The molecule has 2 rings (SSSR count). The van der Waals surface area contributed by atoms with Gasteiger partial charge in [-0.25, -0.2) is 0 Å². The molecule has 0 aromatic heterocycles. The van der Waals surface area contributed by atoms with Gasteiger partial charge in [-0.1, -0.05) is 22.0 Å². The number of benzene rings is 2. The minimum absolute atomic E-state index is 0.160. The number of phenolic OH excluding ortho intramolecular Hbond substituents is 1. The van der Waals surface area contributed by atoms with Crippen LogP contribution in [0, 0.1) is 13.8 Å². The monoisotopic (exact) mass is 319 g/mol. The van der Waals surface area contributed by atoms with Crippen molar-refractivity contribution < 1.29 is 9.90 Å². The minimum Gasteiger partial charge on any atom is -0.508 e. The first-order valence-electron chi connectivity index (χ1n) is 5.85. The van der Waals surface area contributed by atoms with Gasteiger partial charge in [0.2, 0.25) is 0 Å². The van der Waals surface area contributed by atoms with Crippen LogP contribution in [0.3, 0.4) is 0 Å². The standard InChI is InChI=1S/C15H14BrNO2/c1-9-8-11(18)6-7-12(9)15(19)17-14-5-3-4-13(16)10(14)2/h3-8,18H,1-2H3,(H,17,19). The highest BCUT2D eigenvalue weighted by Gasteiger charge is 2.11. The number of carbonyl (C=O) groups is 1. The molecule has 0 saturated carbocycles. The van der Waals surface area contributed by atoms with Gasteiger partial charge in [-0.3, -0.25) is 4.79 Å². The lowest BCUT2D eigenvalue weighted by Gasteiger charge is -2.11. The van der Waals surface area contributed by atoms with E-state index >= 15 is 0 Å². The average molecular weight is 320 g/mol. The SMILES string of the molecule is Cc1cc(O)ccc1C(=O)Nc1cccc(Br)c1C. The second kappa shape index (κ2) is 5.45. The van der Waals surface area contributed by atoms with Crippen molar-refractivity contribution in [3.8, 4) is 5.75 Å². The second-order valence-electron chi connectivity index (χ2n) is 4.37. The normalized spacial score (nSPS) is 10.3. The van der Waals surface area contributed by atoms with Crippen LogP contribution in [0.5, 0.6) is 5.75 Å². The van der Waals surface area contributed by atoms with Crippen molar-refractivity contribution in [2.75, 3.05) is 5.32 Å². The van der Waals surface area contributed by atoms with Crippen LogP contribution in [-0.4, -0.2) is 11.0 Å². The maximum Gasteiger partial charge on any atom is 0.255 e. The largest absolute Gasteiger partial charge is 0.508 e. The lowest BCUT2D eigenvalue weighted by atomic mass is 10.1. The van der Waals surface area contributed by atoms with E-state index in [0.29, 0.717) is 5.56 Å². The van der Waals surface area contributed by atoms with E-state index in [1.54, 1.807) is 19.1 Å². The number of hydrogen-bond acceptors (Lipinski definition) is 2. The molecule has 0 fully saturated rings.